The maximum atomic E-state index is 9.40. The number of nitrogens with zero attached hydrogens (tertiary/aromatic N) is 1. The zero-order chi connectivity index (χ0) is 12.8. The van der Waals surface area contributed by atoms with E-state index in [1.54, 1.807) is 7.05 Å². The van der Waals surface area contributed by atoms with E-state index >= 15 is 0 Å². The van der Waals surface area contributed by atoms with Gasteiger partial charge < -0.3 is 0 Å². The van der Waals surface area contributed by atoms with Gasteiger partial charge >= 0.3 is 0 Å². The summed E-state index contributed by atoms with van der Waals surface area (Å²) in [4.78, 5) is 0. The molecule has 3 heteroatoms. The molecule has 0 bridgehead atoms. The number of hydroxylamine groups is 1. The number of fused-ring (bicyclic) bond motifs is 1. The molecule has 2 aliphatic carbocycles. The van der Waals surface area contributed by atoms with Crippen molar-refractivity contribution in [2.75, 3.05) is 7.05 Å². The van der Waals surface area contributed by atoms with Gasteiger partial charge in [-0.15, -0.1) is 35.9 Å². The minimum atomic E-state index is 0. The van der Waals surface area contributed by atoms with Gasteiger partial charge in [-0.05, 0) is 4.74 Å². The maximum Gasteiger partial charge on any atom is 0.184 e. The van der Waals surface area contributed by atoms with Gasteiger partial charge in [-0.1, -0.05) is 31.5 Å². The fraction of sp³-hybridized carbons (Fsp3) is 0.267. The van der Waals surface area contributed by atoms with Crippen molar-refractivity contribution < 1.29 is 31.0 Å². The van der Waals surface area contributed by atoms with Gasteiger partial charge in [-0.2, -0.15) is 5.56 Å². The van der Waals surface area contributed by atoms with Crippen molar-refractivity contribution in [1.82, 2.24) is 0 Å². The number of hydrogen-bond acceptors (Lipinski definition) is 1. The normalized spacial score (nSPS) is 10.9. The minimum absolute atomic E-state index is 0. The monoisotopic (exact) mass is 413 g/mol. The second-order valence-electron chi connectivity index (χ2n) is 3.55. The van der Waals surface area contributed by atoms with Crippen LogP contribution >= 0.6 is 0 Å². The first-order valence-electron chi connectivity index (χ1n) is 5.86. The molecule has 96 valence electrons. The van der Waals surface area contributed by atoms with E-state index < -0.39 is 0 Å². The molecule has 0 aromatic carbocycles. The minimum Gasteiger partial charge on any atom is -0.292 e. The molecular weight excluding hydrogens is 394 g/mol. The average Bonchev–Trinajstić information content (AvgIpc) is 2.59. The van der Waals surface area contributed by atoms with Crippen LogP contribution in [0, 0.1) is 6.07 Å². The van der Waals surface area contributed by atoms with Gasteiger partial charge in [0.25, 0.3) is 0 Å². The summed E-state index contributed by atoms with van der Waals surface area (Å²) in [6.45, 7) is 5.88. The Morgan fingerprint density at radius 2 is 1.78 bits per heavy atom. The third-order valence-corrected chi connectivity index (χ3v) is 2.58. The van der Waals surface area contributed by atoms with Gasteiger partial charge in [-0.25, -0.2) is 0 Å². The zero-order valence-corrected chi connectivity index (χ0v) is 14.2. The van der Waals surface area contributed by atoms with E-state index in [1.807, 2.05) is 57.2 Å². The Bertz CT molecular complexity index is 490. The molecule has 0 aromatic rings. The first-order chi connectivity index (χ1) is 8.20. The third-order valence-electron chi connectivity index (χ3n) is 2.58. The Labute approximate surface area is 124 Å². The van der Waals surface area contributed by atoms with Crippen molar-refractivity contribution in [3.8, 4) is 11.1 Å². The Kier molecular flexibility index (Phi) is 7.54. The third kappa shape index (κ3) is 3.68. The van der Waals surface area contributed by atoms with Crippen molar-refractivity contribution in [3.05, 3.63) is 48.0 Å². The van der Waals surface area contributed by atoms with Gasteiger partial charge in [0.05, 0.1) is 0 Å². The van der Waals surface area contributed by atoms with Crippen LogP contribution in [0.15, 0.2) is 36.4 Å². The van der Waals surface area contributed by atoms with Gasteiger partial charge in [0.1, 0.15) is 0 Å². The van der Waals surface area contributed by atoms with Crippen molar-refractivity contribution in [3.63, 3.8) is 0 Å². The SMILES string of the molecule is C/C(c1c[c-]c2cccccc1-2)=[N+](\C)O.CC.[W]. The quantitative estimate of drug-likeness (QED) is 0.250. The summed E-state index contributed by atoms with van der Waals surface area (Å²) in [5.74, 6) is 0. The van der Waals surface area contributed by atoms with Crippen molar-refractivity contribution in [2.45, 2.75) is 20.8 Å². The molecule has 18 heavy (non-hydrogen) atoms. The summed E-state index contributed by atoms with van der Waals surface area (Å²) in [7, 11) is 1.62. The Balaban J connectivity index is 0.000000917. The van der Waals surface area contributed by atoms with Crippen LogP contribution in [0.3, 0.4) is 0 Å². The summed E-state index contributed by atoms with van der Waals surface area (Å²) in [6, 6.07) is 15.1. The molecule has 1 N–H and O–H groups in total. The van der Waals surface area contributed by atoms with E-state index in [9.17, 15) is 5.21 Å². The first kappa shape index (κ1) is 16.9. The molecule has 0 atom stereocenters. The summed E-state index contributed by atoms with van der Waals surface area (Å²) in [6.07, 6.45) is 0. The van der Waals surface area contributed by atoms with E-state index in [-0.39, 0.29) is 21.1 Å². The molecule has 0 spiro atoms. The van der Waals surface area contributed by atoms with E-state index in [1.165, 1.54) is 0 Å². The summed E-state index contributed by atoms with van der Waals surface area (Å²) < 4.78 is 1.13. The van der Waals surface area contributed by atoms with Gasteiger partial charge in [0.15, 0.2) is 12.8 Å². The van der Waals surface area contributed by atoms with E-state index in [0.29, 0.717) is 0 Å². The van der Waals surface area contributed by atoms with Gasteiger partial charge in [0, 0.05) is 28.0 Å². The topological polar surface area (TPSA) is 23.2 Å². The predicted octanol–water partition coefficient (Wildman–Crippen LogP) is 3.46. The fourth-order valence-corrected chi connectivity index (χ4v) is 1.61. The fourth-order valence-electron chi connectivity index (χ4n) is 1.61. The molecule has 0 unspecified atom stereocenters. The largest absolute Gasteiger partial charge is 0.292 e. The summed E-state index contributed by atoms with van der Waals surface area (Å²) in [5.41, 5.74) is 4.02. The summed E-state index contributed by atoms with van der Waals surface area (Å²) in [5, 5.41) is 9.40. The molecule has 0 saturated heterocycles. The first-order valence-corrected chi connectivity index (χ1v) is 5.86. The van der Waals surface area contributed by atoms with Crippen LogP contribution in [0.4, 0.5) is 0 Å². The molecule has 0 aromatic heterocycles. The van der Waals surface area contributed by atoms with Crippen molar-refractivity contribution in [1.29, 1.82) is 0 Å². The van der Waals surface area contributed by atoms with Crippen LogP contribution in [0.25, 0.3) is 11.1 Å². The smallest absolute Gasteiger partial charge is 0.184 e. The van der Waals surface area contributed by atoms with E-state index in [2.05, 4.69) is 6.07 Å². The van der Waals surface area contributed by atoms with E-state index in [4.69, 9.17) is 0 Å². The maximum absolute atomic E-state index is 9.40. The molecule has 0 amide bonds. The Hall–Kier alpha value is -1.14. The van der Waals surface area contributed by atoms with Gasteiger partial charge in [0.2, 0.25) is 0 Å². The number of hydrogen-bond donors (Lipinski definition) is 1. The molecule has 2 nitrogen and oxygen atoms in total. The molecule has 0 heterocycles. The van der Waals surface area contributed by atoms with Crippen LogP contribution in [-0.4, -0.2) is 22.7 Å². The van der Waals surface area contributed by atoms with Crippen molar-refractivity contribution in [2.24, 2.45) is 0 Å². The molecule has 2 rings (SSSR count). The molecule has 2 aliphatic rings. The van der Waals surface area contributed by atoms with E-state index in [0.717, 1.165) is 27.1 Å². The standard InChI is InChI=1S/C13H13NO.C2H6.W/c1-10(14(2)15)12-9-8-11-6-4-3-5-7-13(11)12;1-2;/h3-7,9,15H,1-2H3;1-2H3;/b14-10-;;. The summed E-state index contributed by atoms with van der Waals surface area (Å²) >= 11 is 0. The second-order valence-corrected chi connectivity index (χ2v) is 3.55. The molecule has 0 fully saturated rings. The second kappa shape index (κ2) is 8.05. The molecule has 0 radical (unpaired) electrons. The van der Waals surface area contributed by atoms with Gasteiger partial charge in [-0.3, -0.25) is 5.21 Å². The van der Waals surface area contributed by atoms with Crippen LogP contribution in [-0.2, 0) is 21.1 Å². The predicted molar refractivity (Wildman–Crippen MR) is 71.0 cm³/mol. The average molecular weight is 413 g/mol. The van der Waals surface area contributed by atoms with Crippen LogP contribution in [0.2, 0.25) is 0 Å². The van der Waals surface area contributed by atoms with Crippen molar-refractivity contribution >= 4 is 5.71 Å². The Morgan fingerprint density at radius 1 is 1.17 bits per heavy atom. The van der Waals surface area contributed by atoms with Crippen LogP contribution in [0.1, 0.15) is 26.3 Å². The molecular formula is C15H19NOW. The molecule has 0 saturated carbocycles. The van der Waals surface area contributed by atoms with Crippen LogP contribution in [0.5, 0.6) is 0 Å². The number of rotatable bonds is 1. The van der Waals surface area contributed by atoms with Crippen LogP contribution < -0.4 is 0 Å². The molecule has 0 aliphatic heterocycles. The zero-order valence-electron chi connectivity index (χ0n) is 11.3. The Morgan fingerprint density at radius 3 is 2.39 bits per heavy atom.